The summed E-state index contributed by atoms with van der Waals surface area (Å²) in [5, 5.41) is 14.7. The minimum atomic E-state index is -2.15. The average Bonchev–Trinajstić information content (AvgIpc) is 4.04. The average molecular weight is 792 g/mol. The summed E-state index contributed by atoms with van der Waals surface area (Å²) in [5.41, 5.74) is 0.832. The summed E-state index contributed by atoms with van der Waals surface area (Å²) < 4.78 is 36.4. The molecule has 0 saturated carbocycles. The summed E-state index contributed by atoms with van der Waals surface area (Å²) in [7, 11) is -3.45. The molecule has 15 heteroatoms. The van der Waals surface area contributed by atoms with Crippen LogP contribution in [0.4, 0.5) is 5.95 Å². The molecule has 8 rings (SSSR count). The SMILES string of the molecule is CC[C@H]1O[C@@H](n2cnc3c(OCCC#N)nc(NC(=O)COc4ccccc4)nc32)CC1O[P@]1O[C@H](C[Si](C)(c2ccccc2)c2ccccc2)[C@@H]2CCCN21. The number of hydrogen-bond acceptors (Lipinski definition) is 11. The van der Waals surface area contributed by atoms with E-state index in [1.165, 1.54) is 10.4 Å². The Morgan fingerprint density at radius 1 is 1.00 bits per heavy atom. The number of nitriles is 1. The van der Waals surface area contributed by atoms with E-state index in [-0.39, 0.29) is 49.8 Å². The van der Waals surface area contributed by atoms with Crippen molar-refractivity contribution in [2.45, 2.75) is 82.2 Å². The first kappa shape index (κ1) is 38.1. The van der Waals surface area contributed by atoms with E-state index in [1.807, 2.05) is 22.8 Å². The smallest absolute Gasteiger partial charge is 0.264 e. The molecule has 5 heterocycles. The molecule has 5 aromatic rings. The van der Waals surface area contributed by atoms with Crippen LogP contribution in [0, 0.1) is 11.3 Å². The molecular weight excluding hydrogens is 746 g/mol. The van der Waals surface area contributed by atoms with Gasteiger partial charge in [0, 0.05) is 19.0 Å². The van der Waals surface area contributed by atoms with Crippen LogP contribution in [-0.4, -0.2) is 82.3 Å². The van der Waals surface area contributed by atoms with Crippen LogP contribution < -0.4 is 25.2 Å². The molecule has 1 amide bonds. The van der Waals surface area contributed by atoms with Crippen molar-refractivity contribution in [3.8, 4) is 17.7 Å². The van der Waals surface area contributed by atoms with Crippen molar-refractivity contribution in [2.75, 3.05) is 25.1 Å². The van der Waals surface area contributed by atoms with Crippen molar-refractivity contribution in [1.82, 2.24) is 24.2 Å². The highest BCUT2D eigenvalue weighted by molar-refractivity contribution is 7.45. The number of amides is 1. The van der Waals surface area contributed by atoms with E-state index in [9.17, 15) is 4.79 Å². The highest BCUT2D eigenvalue weighted by Crippen LogP contribution is 2.59. The molecular formula is C41H46N7O6PSi. The first-order valence-corrected chi connectivity index (χ1v) is 23.2. The second-order valence-electron chi connectivity index (χ2n) is 14.5. The number of para-hydroxylation sites is 1. The highest BCUT2D eigenvalue weighted by Gasteiger charge is 2.51. The third-order valence-electron chi connectivity index (χ3n) is 10.9. The van der Waals surface area contributed by atoms with Crippen molar-refractivity contribution >= 4 is 50.0 Å². The van der Waals surface area contributed by atoms with Crippen LogP contribution in [-0.2, 0) is 18.6 Å². The highest BCUT2D eigenvalue weighted by atomic mass is 31.2. The van der Waals surface area contributed by atoms with E-state index in [4.69, 9.17) is 33.5 Å². The van der Waals surface area contributed by atoms with Gasteiger partial charge in [-0.3, -0.25) is 14.7 Å². The summed E-state index contributed by atoms with van der Waals surface area (Å²) >= 11 is 0. The van der Waals surface area contributed by atoms with Crippen molar-refractivity contribution < 1.29 is 28.1 Å². The Balaban J connectivity index is 1.00. The minimum Gasteiger partial charge on any atom is -0.484 e. The van der Waals surface area contributed by atoms with Gasteiger partial charge in [0.05, 0.1) is 37.1 Å². The zero-order valence-corrected chi connectivity index (χ0v) is 33.5. The van der Waals surface area contributed by atoms with Crippen molar-refractivity contribution in [3.05, 3.63) is 97.3 Å². The van der Waals surface area contributed by atoms with Crippen LogP contribution in [0.5, 0.6) is 11.6 Å². The number of benzene rings is 3. The van der Waals surface area contributed by atoms with Gasteiger partial charge in [-0.1, -0.05) is 103 Å². The molecule has 1 N–H and O–H groups in total. The summed E-state index contributed by atoms with van der Waals surface area (Å²) in [4.78, 5) is 26.6. The van der Waals surface area contributed by atoms with E-state index >= 15 is 0 Å². The fraction of sp³-hybridized carbons (Fsp3) is 0.390. The third-order valence-corrected chi connectivity index (χ3v) is 17.1. The predicted octanol–water partition coefficient (Wildman–Crippen LogP) is 6.20. The fourth-order valence-electron chi connectivity index (χ4n) is 8.02. The van der Waals surface area contributed by atoms with E-state index < -0.39 is 28.7 Å². The van der Waals surface area contributed by atoms with Gasteiger partial charge in [0.25, 0.3) is 14.4 Å². The molecule has 3 aromatic carbocycles. The molecule has 6 atom stereocenters. The normalized spacial score (nSPS) is 23.5. The van der Waals surface area contributed by atoms with Crippen LogP contribution in [0.1, 0.15) is 45.3 Å². The molecule has 3 aliphatic rings. The fourth-order valence-corrected chi connectivity index (χ4v) is 14.0. The van der Waals surface area contributed by atoms with Gasteiger partial charge in [0.1, 0.15) is 26.7 Å². The van der Waals surface area contributed by atoms with Gasteiger partial charge in [0.15, 0.2) is 17.8 Å². The monoisotopic (exact) mass is 791 g/mol. The molecule has 3 aliphatic heterocycles. The standard InChI is InChI=1S/C41H46N7O6PSi/c1-3-33-34(53-55-48-23-13-21-32(48)35(54-55)27-56(2,30-17-9-5-10-18-30)31-19-11-6-12-20-31)25-37(52-33)47-28-43-38-39(47)45-41(46-40(38)50-24-14-22-42)44-36(49)26-51-29-15-7-4-8-16-29/h4-12,15-20,28,32-35,37H,3,13-14,21,23-27H2,1-2H3,(H,44,45,46,49)/t32-,33+,34?,35+,37+,55+/m0/s1. The molecule has 2 aromatic heterocycles. The molecule has 3 fully saturated rings. The van der Waals surface area contributed by atoms with Crippen molar-refractivity contribution in [1.29, 1.82) is 5.26 Å². The Labute approximate surface area is 328 Å². The lowest BCUT2D eigenvalue weighted by Gasteiger charge is -2.32. The number of imidazole rings is 1. The number of nitrogens with zero attached hydrogens (tertiary/aromatic N) is 6. The molecule has 1 unspecified atom stereocenters. The molecule has 0 radical (unpaired) electrons. The van der Waals surface area contributed by atoms with E-state index in [1.54, 1.807) is 18.5 Å². The Morgan fingerprint density at radius 3 is 2.41 bits per heavy atom. The summed E-state index contributed by atoms with van der Waals surface area (Å²) in [6.07, 6.45) is 4.55. The first-order chi connectivity index (χ1) is 27.4. The molecule has 56 heavy (non-hydrogen) atoms. The zero-order valence-electron chi connectivity index (χ0n) is 31.6. The van der Waals surface area contributed by atoms with Gasteiger partial charge in [0.2, 0.25) is 11.8 Å². The number of anilines is 1. The molecule has 13 nitrogen and oxygen atoms in total. The minimum absolute atomic E-state index is 0.0289. The zero-order chi connectivity index (χ0) is 38.5. The Morgan fingerprint density at radius 2 is 1.71 bits per heavy atom. The number of rotatable bonds is 15. The largest absolute Gasteiger partial charge is 0.484 e. The number of carbonyl (C=O) groups excluding carboxylic acids is 1. The van der Waals surface area contributed by atoms with Gasteiger partial charge < -0.3 is 23.3 Å². The number of hydrogen-bond donors (Lipinski definition) is 1. The van der Waals surface area contributed by atoms with Crippen LogP contribution in [0.25, 0.3) is 11.2 Å². The molecule has 290 valence electrons. The summed E-state index contributed by atoms with van der Waals surface area (Å²) in [5.74, 6) is 0.322. The Kier molecular flexibility index (Phi) is 11.7. The summed E-state index contributed by atoms with van der Waals surface area (Å²) in [6, 6.07) is 34.4. The lowest BCUT2D eigenvalue weighted by molar-refractivity contribution is -0.118. The Hall–Kier alpha value is -4.74. The predicted molar refractivity (Wildman–Crippen MR) is 215 cm³/mol. The second-order valence-corrected chi connectivity index (χ2v) is 20.2. The van der Waals surface area contributed by atoms with Crippen LogP contribution in [0.15, 0.2) is 97.3 Å². The van der Waals surface area contributed by atoms with Crippen molar-refractivity contribution in [3.63, 3.8) is 0 Å². The first-order valence-electron chi connectivity index (χ1n) is 19.3. The van der Waals surface area contributed by atoms with Gasteiger partial charge >= 0.3 is 0 Å². The lowest BCUT2D eigenvalue weighted by atomic mass is 10.1. The topological polar surface area (TPSA) is 146 Å². The maximum Gasteiger partial charge on any atom is 0.264 e. The molecule has 3 saturated heterocycles. The van der Waals surface area contributed by atoms with Gasteiger partial charge in [-0.15, -0.1) is 0 Å². The van der Waals surface area contributed by atoms with E-state index in [0.29, 0.717) is 29.4 Å². The number of nitrogens with one attached hydrogen (secondary N) is 1. The molecule has 0 aliphatic carbocycles. The van der Waals surface area contributed by atoms with Gasteiger partial charge in [-0.05, 0) is 37.4 Å². The quantitative estimate of drug-likeness (QED) is 0.0735. The number of ether oxygens (including phenoxy) is 3. The maximum absolute atomic E-state index is 12.9. The number of carbonyl (C=O) groups is 1. The van der Waals surface area contributed by atoms with Crippen LogP contribution in [0.3, 0.4) is 0 Å². The van der Waals surface area contributed by atoms with Crippen molar-refractivity contribution in [2.24, 2.45) is 0 Å². The van der Waals surface area contributed by atoms with E-state index in [2.05, 4.69) is 100 Å². The van der Waals surface area contributed by atoms with Gasteiger partial charge in [-0.2, -0.15) is 15.2 Å². The second kappa shape index (κ2) is 17.2. The van der Waals surface area contributed by atoms with Gasteiger partial charge in [-0.25, -0.2) is 9.65 Å². The van der Waals surface area contributed by atoms with Crippen LogP contribution in [0.2, 0.25) is 12.6 Å². The van der Waals surface area contributed by atoms with Crippen LogP contribution >= 0.6 is 8.53 Å². The number of fused-ring (bicyclic) bond motifs is 2. The molecule has 0 bridgehead atoms. The summed E-state index contributed by atoms with van der Waals surface area (Å²) in [6.45, 7) is 5.40. The molecule has 0 spiro atoms. The third kappa shape index (κ3) is 8.07. The van der Waals surface area contributed by atoms with E-state index in [0.717, 1.165) is 31.9 Å². The maximum atomic E-state index is 12.9. The Bertz CT molecular complexity index is 2100. The lowest BCUT2D eigenvalue weighted by Crippen LogP contribution is -2.58. The number of aromatic nitrogens is 4.